The molecule has 0 radical (unpaired) electrons. The van der Waals surface area contributed by atoms with Crippen molar-refractivity contribution in [3.63, 3.8) is 0 Å². The van der Waals surface area contributed by atoms with E-state index in [0.717, 1.165) is 29.0 Å². The van der Waals surface area contributed by atoms with Crippen molar-refractivity contribution < 1.29 is 22.7 Å². The molecule has 3 aromatic carbocycles. The number of nitrogens with zero attached hydrogens (tertiary/aromatic N) is 2. The quantitative estimate of drug-likeness (QED) is 0.246. The average molecular weight is 621 g/mol. The molecule has 0 bridgehead atoms. The Balaban J connectivity index is 2.06. The van der Waals surface area contributed by atoms with Gasteiger partial charge < -0.3 is 15.0 Å². The molecule has 2 amide bonds. The van der Waals surface area contributed by atoms with Crippen LogP contribution in [0, 0.1) is 0 Å². The zero-order valence-electron chi connectivity index (χ0n) is 23.3. The second kappa shape index (κ2) is 15.1. The molecular formula is C30H35Cl2N3O5S. The minimum atomic E-state index is -3.89. The summed E-state index contributed by atoms with van der Waals surface area (Å²) in [5.41, 5.74) is 1.75. The number of nitrogens with one attached hydrogen (secondary N) is 1. The van der Waals surface area contributed by atoms with E-state index in [9.17, 15) is 18.0 Å². The Kier molecular flexibility index (Phi) is 11.9. The highest BCUT2D eigenvalue weighted by molar-refractivity contribution is 7.92. The summed E-state index contributed by atoms with van der Waals surface area (Å²) in [5.74, 6) is -0.451. The van der Waals surface area contributed by atoms with Crippen molar-refractivity contribution in [2.75, 3.05) is 30.8 Å². The number of carbonyl (C=O) groups is 2. The van der Waals surface area contributed by atoms with Gasteiger partial charge in [-0.2, -0.15) is 0 Å². The Morgan fingerprint density at radius 2 is 1.68 bits per heavy atom. The Morgan fingerprint density at radius 3 is 2.32 bits per heavy atom. The van der Waals surface area contributed by atoms with Crippen LogP contribution in [-0.2, 0) is 32.6 Å². The Morgan fingerprint density at radius 1 is 0.951 bits per heavy atom. The second-order valence-corrected chi connectivity index (χ2v) is 12.3. The molecule has 0 aromatic heterocycles. The fourth-order valence-electron chi connectivity index (χ4n) is 4.27. The molecule has 0 aliphatic carbocycles. The van der Waals surface area contributed by atoms with Crippen LogP contribution in [0.3, 0.4) is 0 Å². The lowest BCUT2D eigenvalue weighted by Gasteiger charge is -2.33. The van der Waals surface area contributed by atoms with Crippen LogP contribution in [0.4, 0.5) is 5.69 Å². The number of hydrogen-bond acceptors (Lipinski definition) is 5. The summed E-state index contributed by atoms with van der Waals surface area (Å²) in [6.07, 6.45) is 2.92. The van der Waals surface area contributed by atoms with Crippen LogP contribution in [0.15, 0.2) is 72.8 Å². The van der Waals surface area contributed by atoms with Gasteiger partial charge in [-0.15, -0.1) is 0 Å². The lowest BCUT2D eigenvalue weighted by molar-refractivity contribution is -0.140. The van der Waals surface area contributed by atoms with E-state index in [4.69, 9.17) is 27.9 Å². The van der Waals surface area contributed by atoms with E-state index < -0.39 is 28.5 Å². The van der Waals surface area contributed by atoms with E-state index in [1.54, 1.807) is 36.4 Å². The van der Waals surface area contributed by atoms with Gasteiger partial charge in [-0.3, -0.25) is 13.9 Å². The van der Waals surface area contributed by atoms with Gasteiger partial charge in [0.25, 0.3) is 0 Å². The monoisotopic (exact) mass is 619 g/mol. The third-order valence-corrected chi connectivity index (χ3v) is 8.34. The molecule has 8 nitrogen and oxygen atoms in total. The normalized spacial score (nSPS) is 11.9. The molecule has 0 saturated carbocycles. The standard InChI is InChI=1S/C30H35Cl2N3O5S/c1-4-5-16-33-30(37)28(18-22-10-7-6-8-11-22)34(20-23-14-15-26(31)27(32)17-23)29(36)21-35(41(3,38)39)24-12-9-13-25(19-24)40-2/h6-15,17,19,28H,4-5,16,18,20-21H2,1-3H3,(H,33,37). The highest BCUT2D eigenvalue weighted by Gasteiger charge is 2.33. The van der Waals surface area contributed by atoms with E-state index in [2.05, 4.69) is 5.32 Å². The molecule has 1 unspecified atom stereocenters. The fraction of sp³-hybridized carbons (Fsp3) is 0.333. The molecule has 1 atom stereocenters. The molecule has 3 aromatic rings. The zero-order valence-corrected chi connectivity index (χ0v) is 25.7. The number of ether oxygens (including phenoxy) is 1. The third-order valence-electron chi connectivity index (χ3n) is 6.46. The maximum absolute atomic E-state index is 14.1. The number of halogens is 2. The number of hydrogen-bond donors (Lipinski definition) is 1. The van der Waals surface area contributed by atoms with Crippen molar-refractivity contribution in [3.05, 3.63) is 94.0 Å². The summed E-state index contributed by atoms with van der Waals surface area (Å²) in [7, 11) is -2.42. The molecule has 0 aliphatic heterocycles. The largest absolute Gasteiger partial charge is 0.497 e. The van der Waals surface area contributed by atoms with E-state index in [-0.39, 0.29) is 24.6 Å². The minimum Gasteiger partial charge on any atom is -0.497 e. The van der Waals surface area contributed by atoms with Crippen molar-refractivity contribution in [1.82, 2.24) is 10.2 Å². The Labute approximate surface area is 252 Å². The predicted octanol–water partition coefficient (Wildman–Crippen LogP) is 5.32. The van der Waals surface area contributed by atoms with Crippen LogP contribution < -0.4 is 14.4 Å². The van der Waals surface area contributed by atoms with Crippen LogP contribution in [0.2, 0.25) is 10.0 Å². The van der Waals surface area contributed by atoms with Gasteiger partial charge in [0.2, 0.25) is 21.8 Å². The molecule has 11 heteroatoms. The van der Waals surface area contributed by atoms with Crippen LogP contribution >= 0.6 is 23.2 Å². The first-order chi connectivity index (χ1) is 19.5. The van der Waals surface area contributed by atoms with Crippen molar-refractivity contribution in [3.8, 4) is 5.75 Å². The van der Waals surface area contributed by atoms with Crippen molar-refractivity contribution >= 4 is 50.7 Å². The number of sulfonamides is 1. The summed E-state index contributed by atoms with van der Waals surface area (Å²) in [4.78, 5) is 29.1. The molecule has 0 heterocycles. The first-order valence-corrected chi connectivity index (χ1v) is 15.8. The lowest BCUT2D eigenvalue weighted by atomic mass is 10.0. The van der Waals surface area contributed by atoms with Crippen LogP contribution in [0.25, 0.3) is 0 Å². The minimum absolute atomic E-state index is 0.00410. The number of methoxy groups -OCH3 is 1. The van der Waals surface area contributed by atoms with E-state index >= 15 is 0 Å². The number of benzene rings is 3. The summed E-state index contributed by atoms with van der Waals surface area (Å²) in [6.45, 7) is 1.95. The van der Waals surface area contributed by atoms with Gasteiger partial charge in [0, 0.05) is 25.6 Å². The first-order valence-electron chi connectivity index (χ1n) is 13.2. The van der Waals surface area contributed by atoms with Crippen LogP contribution in [0.1, 0.15) is 30.9 Å². The van der Waals surface area contributed by atoms with E-state index in [1.165, 1.54) is 18.1 Å². The van der Waals surface area contributed by atoms with Gasteiger partial charge in [0.1, 0.15) is 18.3 Å². The van der Waals surface area contributed by atoms with Gasteiger partial charge in [-0.05, 0) is 41.8 Å². The topological polar surface area (TPSA) is 96.0 Å². The van der Waals surface area contributed by atoms with Gasteiger partial charge in [-0.25, -0.2) is 8.42 Å². The summed E-state index contributed by atoms with van der Waals surface area (Å²) in [6, 6.07) is 19.8. The van der Waals surface area contributed by atoms with Crippen molar-refractivity contribution in [2.24, 2.45) is 0 Å². The lowest BCUT2D eigenvalue weighted by Crippen LogP contribution is -2.53. The number of anilines is 1. The number of rotatable bonds is 14. The number of carbonyl (C=O) groups excluding carboxylic acids is 2. The van der Waals surface area contributed by atoms with E-state index in [0.29, 0.717) is 27.9 Å². The summed E-state index contributed by atoms with van der Waals surface area (Å²) >= 11 is 12.4. The highest BCUT2D eigenvalue weighted by Crippen LogP contribution is 2.26. The second-order valence-electron chi connectivity index (χ2n) is 9.59. The van der Waals surface area contributed by atoms with Crippen LogP contribution in [-0.4, -0.2) is 57.6 Å². The number of unbranched alkanes of at least 4 members (excludes halogenated alkanes) is 1. The van der Waals surface area contributed by atoms with Crippen LogP contribution in [0.5, 0.6) is 5.75 Å². The van der Waals surface area contributed by atoms with E-state index in [1.807, 2.05) is 37.3 Å². The summed E-state index contributed by atoms with van der Waals surface area (Å²) < 4.78 is 32.1. The third kappa shape index (κ3) is 9.38. The summed E-state index contributed by atoms with van der Waals surface area (Å²) in [5, 5.41) is 3.61. The molecule has 1 N–H and O–H groups in total. The first kappa shape index (κ1) is 32.2. The van der Waals surface area contributed by atoms with Crippen molar-refractivity contribution in [1.29, 1.82) is 0 Å². The SMILES string of the molecule is CCCCNC(=O)C(Cc1ccccc1)N(Cc1ccc(Cl)c(Cl)c1)C(=O)CN(c1cccc(OC)c1)S(C)(=O)=O. The molecule has 3 rings (SSSR count). The maximum Gasteiger partial charge on any atom is 0.244 e. The fourth-order valence-corrected chi connectivity index (χ4v) is 5.44. The molecule has 0 aliphatic rings. The molecule has 0 saturated heterocycles. The highest BCUT2D eigenvalue weighted by atomic mass is 35.5. The molecule has 0 fully saturated rings. The molecule has 0 spiro atoms. The predicted molar refractivity (Wildman–Crippen MR) is 164 cm³/mol. The van der Waals surface area contributed by atoms with Crippen molar-refractivity contribution in [2.45, 2.75) is 38.8 Å². The Bertz CT molecular complexity index is 1440. The smallest absolute Gasteiger partial charge is 0.244 e. The number of amides is 2. The van der Waals surface area contributed by atoms with Gasteiger partial charge in [0.15, 0.2) is 0 Å². The van der Waals surface area contributed by atoms with Gasteiger partial charge >= 0.3 is 0 Å². The van der Waals surface area contributed by atoms with Gasteiger partial charge in [-0.1, -0.05) is 79.0 Å². The zero-order chi connectivity index (χ0) is 30.0. The molecule has 41 heavy (non-hydrogen) atoms. The average Bonchev–Trinajstić information content (AvgIpc) is 2.95. The van der Waals surface area contributed by atoms with Gasteiger partial charge in [0.05, 0.1) is 29.1 Å². The maximum atomic E-state index is 14.1. The Hall–Kier alpha value is -3.27. The molecule has 220 valence electrons. The molecular weight excluding hydrogens is 585 g/mol.